The molecule has 0 spiro atoms. The zero-order valence-corrected chi connectivity index (χ0v) is 10.7. The van der Waals surface area contributed by atoms with Gasteiger partial charge < -0.3 is 15.2 Å². The smallest absolute Gasteiger partial charge is 0.224 e. The van der Waals surface area contributed by atoms with E-state index >= 15 is 0 Å². The molecule has 1 rings (SSSR count). The summed E-state index contributed by atoms with van der Waals surface area (Å²) in [6, 6.07) is 3.71. The molecule has 1 aromatic carbocycles. The van der Waals surface area contributed by atoms with E-state index in [1.165, 1.54) is 19.2 Å². The molecule has 0 aliphatic rings. The first-order valence-corrected chi connectivity index (χ1v) is 5.91. The third-order valence-electron chi connectivity index (χ3n) is 2.54. The standard InChI is InChI=1S/C13H17F2NO3/c1-19-8-10(17)5-6-16-12(18)7-9-3-2-4-11(14)13(9)15/h2-4,10,17H,5-8H2,1H3,(H,16,18). The predicted octanol–water partition coefficient (Wildman–Crippen LogP) is 1.02. The number of hydrogen-bond donors (Lipinski definition) is 2. The molecule has 0 heterocycles. The molecule has 1 unspecified atom stereocenters. The average molecular weight is 273 g/mol. The van der Waals surface area contributed by atoms with Crippen LogP contribution in [0.2, 0.25) is 0 Å². The average Bonchev–Trinajstić information content (AvgIpc) is 2.35. The van der Waals surface area contributed by atoms with Gasteiger partial charge in [-0.3, -0.25) is 4.79 Å². The quantitative estimate of drug-likeness (QED) is 0.780. The van der Waals surface area contributed by atoms with E-state index in [0.717, 1.165) is 6.07 Å². The van der Waals surface area contributed by atoms with E-state index < -0.39 is 23.6 Å². The number of rotatable bonds is 7. The van der Waals surface area contributed by atoms with Gasteiger partial charge in [0.25, 0.3) is 0 Å². The molecule has 0 bridgehead atoms. The Bertz CT molecular complexity index is 426. The molecular formula is C13H17F2NO3. The van der Waals surface area contributed by atoms with Crippen molar-refractivity contribution in [1.29, 1.82) is 0 Å². The van der Waals surface area contributed by atoms with Crippen LogP contribution in [0.1, 0.15) is 12.0 Å². The second-order valence-electron chi connectivity index (χ2n) is 4.14. The predicted molar refractivity (Wildman–Crippen MR) is 65.6 cm³/mol. The Hall–Kier alpha value is -1.53. The van der Waals surface area contributed by atoms with Gasteiger partial charge in [-0.05, 0) is 12.5 Å². The van der Waals surface area contributed by atoms with Crippen molar-refractivity contribution < 1.29 is 23.4 Å². The lowest BCUT2D eigenvalue weighted by atomic mass is 10.1. The van der Waals surface area contributed by atoms with E-state index in [1.807, 2.05) is 0 Å². The Kier molecular flexibility index (Phi) is 6.38. The van der Waals surface area contributed by atoms with Crippen molar-refractivity contribution in [1.82, 2.24) is 5.32 Å². The number of ether oxygens (including phenoxy) is 1. The zero-order valence-electron chi connectivity index (χ0n) is 10.7. The third kappa shape index (κ3) is 5.32. The summed E-state index contributed by atoms with van der Waals surface area (Å²) in [7, 11) is 1.47. The molecule has 0 saturated carbocycles. The molecule has 0 aromatic heterocycles. The number of benzene rings is 1. The Morgan fingerprint density at radius 2 is 2.21 bits per heavy atom. The topological polar surface area (TPSA) is 58.6 Å². The Morgan fingerprint density at radius 3 is 2.89 bits per heavy atom. The highest BCUT2D eigenvalue weighted by molar-refractivity contribution is 5.78. The minimum absolute atomic E-state index is 0.00920. The van der Waals surface area contributed by atoms with Crippen LogP contribution in [-0.4, -0.2) is 37.4 Å². The first kappa shape index (κ1) is 15.5. The van der Waals surface area contributed by atoms with Crippen LogP contribution in [0, 0.1) is 11.6 Å². The lowest BCUT2D eigenvalue weighted by Gasteiger charge is -2.10. The number of amides is 1. The van der Waals surface area contributed by atoms with Crippen molar-refractivity contribution in [3.63, 3.8) is 0 Å². The van der Waals surface area contributed by atoms with Gasteiger partial charge in [0.05, 0.1) is 19.1 Å². The highest BCUT2D eigenvalue weighted by Crippen LogP contribution is 2.11. The van der Waals surface area contributed by atoms with Gasteiger partial charge in [0, 0.05) is 19.2 Å². The molecule has 0 fully saturated rings. The van der Waals surface area contributed by atoms with Crippen molar-refractivity contribution >= 4 is 5.91 Å². The van der Waals surface area contributed by atoms with Crippen molar-refractivity contribution in [2.45, 2.75) is 18.9 Å². The summed E-state index contributed by atoms with van der Waals surface area (Å²) in [6.45, 7) is 0.439. The molecule has 1 atom stereocenters. The monoisotopic (exact) mass is 273 g/mol. The van der Waals surface area contributed by atoms with Crippen molar-refractivity contribution in [2.75, 3.05) is 20.3 Å². The van der Waals surface area contributed by atoms with Gasteiger partial charge in [0.15, 0.2) is 11.6 Å². The van der Waals surface area contributed by atoms with Crippen LogP contribution in [0.5, 0.6) is 0 Å². The van der Waals surface area contributed by atoms with Gasteiger partial charge in [-0.2, -0.15) is 0 Å². The van der Waals surface area contributed by atoms with Gasteiger partial charge in [-0.15, -0.1) is 0 Å². The van der Waals surface area contributed by atoms with Crippen LogP contribution in [0.4, 0.5) is 8.78 Å². The van der Waals surface area contributed by atoms with Gasteiger partial charge >= 0.3 is 0 Å². The summed E-state index contributed by atoms with van der Waals surface area (Å²) in [5, 5.41) is 11.9. The Balaban J connectivity index is 2.37. The number of aliphatic hydroxyl groups excluding tert-OH is 1. The van der Waals surface area contributed by atoms with E-state index in [9.17, 15) is 18.7 Å². The maximum absolute atomic E-state index is 13.3. The molecule has 2 N–H and O–H groups in total. The molecule has 19 heavy (non-hydrogen) atoms. The summed E-state index contributed by atoms with van der Waals surface area (Å²) in [4.78, 5) is 11.5. The van der Waals surface area contributed by atoms with E-state index in [-0.39, 0.29) is 25.1 Å². The molecule has 4 nitrogen and oxygen atoms in total. The van der Waals surface area contributed by atoms with Crippen LogP contribution in [0.15, 0.2) is 18.2 Å². The zero-order chi connectivity index (χ0) is 14.3. The van der Waals surface area contributed by atoms with Gasteiger partial charge in [0.1, 0.15) is 0 Å². The summed E-state index contributed by atoms with van der Waals surface area (Å²) < 4.78 is 31.0. The fraction of sp³-hybridized carbons (Fsp3) is 0.462. The van der Waals surface area contributed by atoms with E-state index in [2.05, 4.69) is 5.32 Å². The second-order valence-corrected chi connectivity index (χ2v) is 4.14. The van der Waals surface area contributed by atoms with Crippen LogP contribution in [0.25, 0.3) is 0 Å². The maximum Gasteiger partial charge on any atom is 0.224 e. The highest BCUT2D eigenvalue weighted by Gasteiger charge is 2.11. The minimum atomic E-state index is -1.00. The molecule has 6 heteroatoms. The van der Waals surface area contributed by atoms with Crippen LogP contribution in [-0.2, 0) is 16.0 Å². The lowest BCUT2D eigenvalue weighted by molar-refractivity contribution is -0.120. The van der Waals surface area contributed by atoms with Crippen molar-refractivity contribution in [3.8, 4) is 0 Å². The number of carbonyl (C=O) groups excluding carboxylic acids is 1. The maximum atomic E-state index is 13.3. The van der Waals surface area contributed by atoms with Crippen LogP contribution in [0.3, 0.4) is 0 Å². The molecule has 0 aliphatic carbocycles. The van der Waals surface area contributed by atoms with Gasteiger partial charge in [-0.1, -0.05) is 12.1 Å². The summed E-state index contributed by atoms with van der Waals surface area (Å²) >= 11 is 0. The number of nitrogens with one attached hydrogen (secondary N) is 1. The van der Waals surface area contributed by atoms with E-state index in [4.69, 9.17) is 4.74 Å². The summed E-state index contributed by atoms with van der Waals surface area (Å²) in [6.07, 6.45) is -0.550. The molecule has 1 aromatic rings. The highest BCUT2D eigenvalue weighted by atomic mass is 19.2. The number of aliphatic hydroxyl groups is 1. The largest absolute Gasteiger partial charge is 0.391 e. The van der Waals surface area contributed by atoms with Gasteiger partial charge in [-0.25, -0.2) is 8.78 Å². The molecule has 0 saturated heterocycles. The van der Waals surface area contributed by atoms with E-state index in [1.54, 1.807) is 0 Å². The number of halogens is 2. The summed E-state index contributed by atoms with van der Waals surface area (Å²) in [5.74, 6) is -2.40. The van der Waals surface area contributed by atoms with Crippen LogP contribution >= 0.6 is 0 Å². The molecule has 0 radical (unpaired) electrons. The SMILES string of the molecule is COCC(O)CCNC(=O)Cc1cccc(F)c1F. The number of methoxy groups -OCH3 is 1. The molecule has 1 amide bonds. The third-order valence-corrected chi connectivity index (χ3v) is 2.54. The fourth-order valence-corrected chi connectivity index (χ4v) is 1.57. The molecule has 0 aliphatic heterocycles. The van der Waals surface area contributed by atoms with Crippen LogP contribution < -0.4 is 5.32 Å². The van der Waals surface area contributed by atoms with Crippen molar-refractivity contribution in [3.05, 3.63) is 35.4 Å². The normalized spacial score (nSPS) is 12.2. The summed E-state index contributed by atoms with van der Waals surface area (Å²) in [5.41, 5.74) is 0.00920. The van der Waals surface area contributed by atoms with E-state index in [0.29, 0.717) is 6.42 Å². The van der Waals surface area contributed by atoms with Crippen molar-refractivity contribution in [2.24, 2.45) is 0 Å². The first-order chi connectivity index (χ1) is 9.04. The second kappa shape index (κ2) is 7.81. The van der Waals surface area contributed by atoms with Gasteiger partial charge in [0.2, 0.25) is 5.91 Å². The molecular weight excluding hydrogens is 256 g/mol. The fourth-order valence-electron chi connectivity index (χ4n) is 1.57. The number of hydrogen-bond acceptors (Lipinski definition) is 3. The Labute approximate surface area is 110 Å². The first-order valence-electron chi connectivity index (χ1n) is 5.91. The lowest BCUT2D eigenvalue weighted by Crippen LogP contribution is -2.29. The minimum Gasteiger partial charge on any atom is -0.391 e. The molecule has 106 valence electrons. The number of carbonyl (C=O) groups is 1. The Morgan fingerprint density at radius 1 is 1.47 bits per heavy atom.